The molecule has 0 aliphatic heterocycles. The molecule has 0 aromatic heterocycles. The number of hydrogen-bond acceptors (Lipinski definition) is 2. The van der Waals surface area contributed by atoms with Gasteiger partial charge in [0.05, 0.1) is 0 Å². The van der Waals surface area contributed by atoms with Crippen molar-refractivity contribution in [3.8, 4) is 0 Å². The third-order valence-electron chi connectivity index (χ3n) is 4.02. The van der Waals surface area contributed by atoms with Gasteiger partial charge in [0.1, 0.15) is 6.29 Å². The smallest absolute Gasteiger partial charge is 0.223 e. The summed E-state index contributed by atoms with van der Waals surface area (Å²) in [5, 5.41) is 2.88. The summed E-state index contributed by atoms with van der Waals surface area (Å²) in [6.45, 7) is 9.27. The molecule has 0 radical (unpaired) electrons. The number of nitrogens with one attached hydrogen (secondary N) is 1. The molecule has 1 fully saturated rings. The van der Waals surface area contributed by atoms with Crippen LogP contribution in [0.15, 0.2) is 0 Å². The topological polar surface area (TPSA) is 46.2 Å². The Kier molecular flexibility index (Phi) is 4.34. The Bertz CT molecular complexity index is 295. The van der Waals surface area contributed by atoms with E-state index in [1.165, 1.54) is 6.42 Å². The maximum Gasteiger partial charge on any atom is 0.223 e. The first-order chi connectivity index (χ1) is 7.78. The lowest BCUT2D eigenvalue weighted by Gasteiger charge is -2.45. The van der Waals surface area contributed by atoms with Crippen molar-refractivity contribution in [3.05, 3.63) is 0 Å². The van der Waals surface area contributed by atoms with Gasteiger partial charge in [-0.3, -0.25) is 4.79 Å². The van der Waals surface area contributed by atoms with E-state index in [4.69, 9.17) is 0 Å². The fourth-order valence-corrected chi connectivity index (χ4v) is 2.59. The molecule has 1 unspecified atom stereocenters. The highest BCUT2D eigenvalue weighted by Crippen LogP contribution is 2.48. The Hall–Kier alpha value is -0.860. The fraction of sp³-hybridized carbons (Fsp3) is 0.857. The molecule has 0 heterocycles. The molecule has 3 heteroatoms. The lowest BCUT2D eigenvalue weighted by atomic mass is 9.60. The first kappa shape index (κ1) is 14.2. The van der Waals surface area contributed by atoms with Crippen molar-refractivity contribution in [3.63, 3.8) is 0 Å². The maximum absolute atomic E-state index is 12.1. The Morgan fingerprint density at radius 3 is 2.53 bits per heavy atom. The number of carbonyl (C=O) groups is 2. The second-order valence-corrected chi connectivity index (χ2v) is 6.66. The van der Waals surface area contributed by atoms with E-state index >= 15 is 0 Å². The molecule has 0 aromatic carbocycles. The van der Waals surface area contributed by atoms with E-state index in [-0.39, 0.29) is 22.7 Å². The highest BCUT2D eigenvalue weighted by Gasteiger charge is 2.43. The van der Waals surface area contributed by atoms with Gasteiger partial charge in [-0.15, -0.1) is 0 Å². The second-order valence-electron chi connectivity index (χ2n) is 6.66. The molecule has 1 saturated carbocycles. The van der Waals surface area contributed by atoms with E-state index in [0.717, 1.165) is 19.1 Å². The average Bonchev–Trinajstić information content (AvgIpc) is 2.22. The van der Waals surface area contributed by atoms with Gasteiger partial charge in [0.25, 0.3) is 0 Å². The van der Waals surface area contributed by atoms with Crippen LogP contribution in [0.4, 0.5) is 0 Å². The Balaban J connectivity index is 2.64. The number of rotatable bonds is 4. The highest BCUT2D eigenvalue weighted by molar-refractivity contribution is 5.79. The van der Waals surface area contributed by atoms with E-state index in [9.17, 15) is 9.59 Å². The van der Waals surface area contributed by atoms with Crippen molar-refractivity contribution < 1.29 is 9.59 Å². The van der Waals surface area contributed by atoms with Crippen molar-refractivity contribution in [2.24, 2.45) is 16.7 Å². The molecule has 1 aliphatic carbocycles. The fourth-order valence-electron chi connectivity index (χ4n) is 2.59. The van der Waals surface area contributed by atoms with Gasteiger partial charge in [0.15, 0.2) is 0 Å². The van der Waals surface area contributed by atoms with Gasteiger partial charge in [0, 0.05) is 18.9 Å². The van der Waals surface area contributed by atoms with E-state index in [2.05, 4.69) is 33.0 Å². The van der Waals surface area contributed by atoms with Crippen LogP contribution in [0.3, 0.4) is 0 Å². The van der Waals surface area contributed by atoms with Gasteiger partial charge in [-0.05, 0) is 30.1 Å². The van der Waals surface area contributed by atoms with E-state index in [0.29, 0.717) is 13.0 Å². The zero-order chi connectivity index (χ0) is 13.1. The van der Waals surface area contributed by atoms with Crippen LogP contribution in [-0.2, 0) is 9.59 Å². The predicted octanol–water partition coefficient (Wildman–Crippen LogP) is 2.54. The monoisotopic (exact) mass is 239 g/mol. The zero-order valence-corrected chi connectivity index (χ0v) is 11.5. The molecule has 1 rings (SSSR count). The SMILES string of the molecule is CC1(C)CCC(C)(C)C(C(=O)NCCC=O)C1. The number of aldehydes is 1. The number of carbonyl (C=O) groups excluding carboxylic acids is 2. The van der Waals surface area contributed by atoms with Crippen molar-refractivity contribution in [2.75, 3.05) is 6.54 Å². The summed E-state index contributed by atoms with van der Waals surface area (Å²) < 4.78 is 0. The van der Waals surface area contributed by atoms with Crippen LogP contribution in [0.5, 0.6) is 0 Å². The molecule has 17 heavy (non-hydrogen) atoms. The van der Waals surface area contributed by atoms with E-state index < -0.39 is 0 Å². The van der Waals surface area contributed by atoms with Gasteiger partial charge < -0.3 is 10.1 Å². The third-order valence-corrected chi connectivity index (χ3v) is 4.02. The predicted molar refractivity (Wildman–Crippen MR) is 68.6 cm³/mol. The summed E-state index contributed by atoms with van der Waals surface area (Å²) in [7, 11) is 0. The summed E-state index contributed by atoms with van der Waals surface area (Å²) in [4.78, 5) is 22.4. The van der Waals surface area contributed by atoms with Crippen LogP contribution in [0, 0.1) is 16.7 Å². The summed E-state index contributed by atoms with van der Waals surface area (Å²) in [6.07, 6.45) is 4.45. The molecule has 1 N–H and O–H groups in total. The Labute approximate surface area is 104 Å². The molecule has 1 atom stereocenters. The van der Waals surface area contributed by atoms with Crippen LogP contribution in [0.2, 0.25) is 0 Å². The molecule has 0 spiro atoms. The summed E-state index contributed by atoms with van der Waals surface area (Å²) >= 11 is 0. The summed E-state index contributed by atoms with van der Waals surface area (Å²) in [6, 6.07) is 0. The number of hydrogen-bond donors (Lipinski definition) is 1. The minimum Gasteiger partial charge on any atom is -0.355 e. The standard InChI is InChI=1S/C14H25NO2/c1-13(2)6-7-14(3,4)11(10-13)12(17)15-8-5-9-16/h9,11H,5-8,10H2,1-4H3,(H,15,17). The van der Waals surface area contributed by atoms with Crippen LogP contribution in [0.1, 0.15) is 53.4 Å². The minimum atomic E-state index is 0.0675. The molecule has 1 amide bonds. The van der Waals surface area contributed by atoms with E-state index in [1.807, 2.05) is 0 Å². The van der Waals surface area contributed by atoms with Gasteiger partial charge in [-0.2, -0.15) is 0 Å². The van der Waals surface area contributed by atoms with E-state index in [1.54, 1.807) is 0 Å². The molecule has 0 saturated heterocycles. The second kappa shape index (κ2) is 5.19. The Morgan fingerprint density at radius 1 is 1.29 bits per heavy atom. The largest absolute Gasteiger partial charge is 0.355 e. The maximum atomic E-state index is 12.1. The van der Waals surface area contributed by atoms with Gasteiger partial charge in [-0.1, -0.05) is 27.7 Å². The van der Waals surface area contributed by atoms with Crippen LogP contribution in [0.25, 0.3) is 0 Å². The molecular weight excluding hydrogens is 214 g/mol. The van der Waals surface area contributed by atoms with Crippen molar-refractivity contribution >= 4 is 12.2 Å². The average molecular weight is 239 g/mol. The van der Waals surface area contributed by atoms with Gasteiger partial charge in [-0.25, -0.2) is 0 Å². The third kappa shape index (κ3) is 3.83. The van der Waals surface area contributed by atoms with Crippen LogP contribution >= 0.6 is 0 Å². The Morgan fingerprint density at radius 2 is 1.94 bits per heavy atom. The molecule has 98 valence electrons. The quantitative estimate of drug-likeness (QED) is 0.605. The van der Waals surface area contributed by atoms with Crippen molar-refractivity contribution in [1.82, 2.24) is 5.32 Å². The first-order valence-electron chi connectivity index (χ1n) is 6.50. The van der Waals surface area contributed by atoms with Crippen molar-refractivity contribution in [1.29, 1.82) is 0 Å². The lowest BCUT2D eigenvalue weighted by molar-refractivity contribution is -0.132. The zero-order valence-electron chi connectivity index (χ0n) is 11.5. The normalized spacial score (nSPS) is 26.2. The lowest BCUT2D eigenvalue weighted by Crippen LogP contribution is -2.45. The molecule has 3 nitrogen and oxygen atoms in total. The van der Waals surface area contributed by atoms with Crippen molar-refractivity contribution in [2.45, 2.75) is 53.4 Å². The molecular formula is C14H25NO2. The molecule has 1 aliphatic rings. The summed E-state index contributed by atoms with van der Waals surface area (Å²) in [5.41, 5.74) is 0.322. The molecule has 0 bridgehead atoms. The summed E-state index contributed by atoms with van der Waals surface area (Å²) in [5.74, 6) is 0.183. The van der Waals surface area contributed by atoms with Gasteiger partial charge in [0.2, 0.25) is 5.91 Å². The minimum absolute atomic E-state index is 0.0675. The van der Waals surface area contributed by atoms with Crippen LogP contribution in [-0.4, -0.2) is 18.7 Å². The van der Waals surface area contributed by atoms with Crippen LogP contribution < -0.4 is 5.32 Å². The highest BCUT2D eigenvalue weighted by atomic mass is 16.2. The molecule has 0 aromatic rings. The van der Waals surface area contributed by atoms with Gasteiger partial charge >= 0.3 is 0 Å². The number of amides is 1. The first-order valence-corrected chi connectivity index (χ1v) is 6.50.